The molecule has 5 heteroatoms. The summed E-state index contributed by atoms with van der Waals surface area (Å²) in [5.74, 6) is 0.187. The molecule has 17 heavy (non-hydrogen) atoms. The largest absolute Gasteiger partial charge is 0.383 e. The fourth-order valence-electron chi connectivity index (χ4n) is 1.50. The van der Waals surface area contributed by atoms with E-state index in [1.807, 2.05) is 0 Å². The van der Waals surface area contributed by atoms with Gasteiger partial charge in [-0.25, -0.2) is 4.98 Å². The molecular weight excluding hydrogens is 259 g/mol. The second-order valence-corrected chi connectivity index (χ2v) is 4.23. The van der Waals surface area contributed by atoms with Crippen LogP contribution in [0.4, 0.5) is 5.82 Å². The minimum Gasteiger partial charge on any atom is -0.383 e. The highest BCUT2D eigenvalue weighted by Crippen LogP contribution is 2.34. The van der Waals surface area contributed by atoms with Gasteiger partial charge in [-0.15, -0.1) is 0 Å². The maximum absolute atomic E-state index is 10.8. The van der Waals surface area contributed by atoms with E-state index in [4.69, 9.17) is 28.9 Å². The molecule has 0 unspecified atom stereocenters. The molecule has 2 rings (SSSR count). The molecular formula is C12H8Cl2N2O. The zero-order valence-corrected chi connectivity index (χ0v) is 10.2. The second kappa shape index (κ2) is 4.73. The maximum atomic E-state index is 10.8. The van der Waals surface area contributed by atoms with E-state index in [1.54, 1.807) is 24.3 Å². The van der Waals surface area contributed by atoms with Crippen molar-refractivity contribution in [3.63, 3.8) is 0 Å². The zero-order valence-electron chi connectivity index (χ0n) is 8.65. The normalized spacial score (nSPS) is 10.2. The van der Waals surface area contributed by atoms with Crippen LogP contribution in [0.5, 0.6) is 0 Å². The summed E-state index contributed by atoms with van der Waals surface area (Å²) in [5.41, 5.74) is 7.17. The SMILES string of the molecule is Nc1ncc(-c2c(Cl)cccc2Cl)cc1C=O. The summed E-state index contributed by atoms with van der Waals surface area (Å²) in [6, 6.07) is 6.81. The van der Waals surface area contributed by atoms with Crippen LogP contribution in [-0.4, -0.2) is 11.3 Å². The molecule has 86 valence electrons. The third kappa shape index (κ3) is 2.25. The van der Waals surface area contributed by atoms with E-state index in [0.717, 1.165) is 0 Å². The van der Waals surface area contributed by atoms with Crippen LogP contribution in [-0.2, 0) is 0 Å². The third-order valence-electron chi connectivity index (χ3n) is 2.33. The molecule has 1 heterocycles. The van der Waals surface area contributed by atoms with Gasteiger partial charge in [0.15, 0.2) is 6.29 Å². The van der Waals surface area contributed by atoms with Crippen molar-refractivity contribution in [2.24, 2.45) is 0 Å². The third-order valence-corrected chi connectivity index (χ3v) is 2.96. The Hall–Kier alpha value is -1.58. The summed E-state index contributed by atoms with van der Waals surface area (Å²) in [5, 5.41) is 1.00. The Balaban J connectivity index is 2.65. The van der Waals surface area contributed by atoms with E-state index in [1.165, 1.54) is 6.20 Å². The van der Waals surface area contributed by atoms with Crippen LogP contribution in [0.25, 0.3) is 11.1 Å². The Labute approximate surface area is 108 Å². The van der Waals surface area contributed by atoms with E-state index >= 15 is 0 Å². The molecule has 0 fully saturated rings. The lowest BCUT2D eigenvalue weighted by atomic mass is 10.1. The first-order valence-corrected chi connectivity index (χ1v) is 5.54. The van der Waals surface area contributed by atoms with Crippen LogP contribution in [0.1, 0.15) is 10.4 Å². The summed E-state index contributed by atoms with van der Waals surface area (Å²) < 4.78 is 0. The van der Waals surface area contributed by atoms with Gasteiger partial charge >= 0.3 is 0 Å². The number of nitrogen functional groups attached to an aromatic ring is 1. The molecule has 0 spiro atoms. The van der Waals surface area contributed by atoms with E-state index in [0.29, 0.717) is 33.0 Å². The lowest BCUT2D eigenvalue weighted by Crippen LogP contribution is -1.97. The van der Waals surface area contributed by atoms with Crippen molar-refractivity contribution in [1.82, 2.24) is 4.98 Å². The Morgan fingerprint density at radius 2 is 1.88 bits per heavy atom. The molecule has 1 aromatic heterocycles. The minimum absolute atomic E-state index is 0.187. The monoisotopic (exact) mass is 266 g/mol. The van der Waals surface area contributed by atoms with Crippen LogP contribution in [0.15, 0.2) is 30.5 Å². The van der Waals surface area contributed by atoms with Gasteiger partial charge in [-0.1, -0.05) is 29.3 Å². The molecule has 2 N–H and O–H groups in total. The topological polar surface area (TPSA) is 56.0 Å². The highest BCUT2D eigenvalue weighted by molar-refractivity contribution is 6.39. The summed E-state index contributed by atoms with van der Waals surface area (Å²) in [6.07, 6.45) is 2.19. The molecule has 2 aromatic rings. The van der Waals surface area contributed by atoms with Gasteiger partial charge in [-0.3, -0.25) is 4.79 Å². The first-order chi connectivity index (χ1) is 8.13. The van der Waals surface area contributed by atoms with Gasteiger partial charge in [0.25, 0.3) is 0 Å². The number of hydrogen-bond donors (Lipinski definition) is 1. The number of nitrogens with two attached hydrogens (primary N) is 1. The first kappa shape index (κ1) is 11.9. The number of carbonyl (C=O) groups is 1. The molecule has 0 aliphatic heterocycles. The predicted molar refractivity (Wildman–Crippen MR) is 69.5 cm³/mol. The lowest BCUT2D eigenvalue weighted by Gasteiger charge is -2.08. The molecule has 0 radical (unpaired) electrons. The molecule has 0 saturated carbocycles. The Morgan fingerprint density at radius 3 is 2.47 bits per heavy atom. The summed E-state index contributed by atoms with van der Waals surface area (Å²) in [7, 11) is 0. The van der Waals surface area contributed by atoms with Crippen molar-refractivity contribution in [2.45, 2.75) is 0 Å². The smallest absolute Gasteiger partial charge is 0.153 e. The maximum Gasteiger partial charge on any atom is 0.153 e. The highest BCUT2D eigenvalue weighted by atomic mass is 35.5. The van der Waals surface area contributed by atoms with Crippen molar-refractivity contribution in [3.8, 4) is 11.1 Å². The highest BCUT2D eigenvalue weighted by Gasteiger charge is 2.10. The minimum atomic E-state index is 0.187. The fourth-order valence-corrected chi connectivity index (χ4v) is 2.11. The van der Waals surface area contributed by atoms with Crippen molar-refractivity contribution < 1.29 is 4.79 Å². The molecule has 0 bridgehead atoms. The quantitative estimate of drug-likeness (QED) is 0.848. The molecule has 0 saturated heterocycles. The molecule has 0 amide bonds. The van der Waals surface area contributed by atoms with Crippen LogP contribution < -0.4 is 5.73 Å². The van der Waals surface area contributed by atoms with Crippen molar-refractivity contribution >= 4 is 35.3 Å². The van der Waals surface area contributed by atoms with Crippen molar-refractivity contribution in [2.75, 3.05) is 5.73 Å². The Kier molecular flexibility index (Phi) is 3.31. The predicted octanol–water partition coefficient (Wildman–Crippen LogP) is 3.45. The number of carbonyl (C=O) groups excluding carboxylic acids is 1. The number of aldehydes is 1. The Bertz CT molecular complexity index is 564. The van der Waals surface area contributed by atoms with Gasteiger partial charge in [0.2, 0.25) is 0 Å². The van der Waals surface area contributed by atoms with Crippen LogP contribution in [0, 0.1) is 0 Å². The first-order valence-electron chi connectivity index (χ1n) is 4.78. The lowest BCUT2D eigenvalue weighted by molar-refractivity contribution is 0.112. The van der Waals surface area contributed by atoms with Gasteiger partial charge in [0.05, 0.1) is 5.56 Å². The molecule has 0 atom stereocenters. The van der Waals surface area contributed by atoms with Gasteiger partial charge in [-0.05, 0) is 18.2 Å². The number of benzene rings is 1. The molecule has 0 aliphatic rings. The number of hydrogen-bond acceptors (Lipinski definition) is 3. The van der Waals surface area contributed by atoms with E-state index in [2.05, 4.69) is 4.98 Å². The number of rotatable bonds is 2. The van der Waals surface area contributed by atoms with Gasteiger partial charge < -0.3 is 5.73 Å². The number of nitrogens with zero attached hydrogens (tertiary/aromatic N) is 1. The van der Waals surface area contributed by atoms with Crippen molar-refractivity contribution in [3.05, 3.63) is 46.1 Å². The summed E-state index contributed by atoms with van der Waals surface area (Å²) in [4.78, 5) is 14.7. The number of pyridine rings is 1. The number of aromatic nitrogens is 1. The Morgan fingerprint density at radius 1 is 1.24 bits per heavy atom. The van der Waals surface area contributed by atoms with E-state index in [-0.39, 0.29) is 5.82 Å². The van der Waals surface area contributed by atoms with Crippen LogP contribution in [0.2, 0.25) is 10.0 Å². The number of anilines is 1. The van der Waals surface area contributed by atoms with Gasteiger partial charge in [0, 0.05) is 27.4 Å². The number of halogens is 2. The van der Waals surface area contributed by atoms with E-state index < -0.39 is 0 Å². The van der Waals surface area contributed by atoms with Crippen molar-refractivity contribution in [1.29, 1.82) is 0 Å². The molecule has 1 aromatic carbocycles. The second-order valence-electron chi connectivity index (χ2n) is 3.41. The van der Waals surface area contributed by atoms with Gasteiger partial charge in [-0.2, -0.15) is 0 Å². The standard InChI is InChI=1S/C12H8Cl2N2O/c13-9-2-1-3-10(14)11(9)7-4-8(6-17)12(15)16-5-7/h1-6H,(H2,15,16). The average Bonchev–Trinajstić information content (AvgIpc) is 2.31. The summed E-state index contributed by atoms with van der Waals surface area (Å²) in [6.45, 7) is 0. The zero-order chi connectivity index (χ0) is 12.4. The van der Waals surface area contributed by atoms with E-state index in [9.17, 15) is 4.79 Å². The van der Waals surface area contributed by atoms with Crippen LogP contribution >= 0.6 is 23.2 Å². The summed E-state index contributed by atoms with van der Waals surface area (Å²) >= 11 is 12.1. The van der Waals surface area contributed by atoms with Gasteiger partial charge in [0.1, 0.15) is 5.82 Å². The fraction of sp³-hybridized carbons (Fsp3) is 0. The average molecular weight is 267 g/mol. The molecule has 3 nitrogen and oxygen atoms in total. The van der Waals surface area contributed by atoms with Crippen LogP contribution in [0.3, 0.4) is 0 Å². The molecule has 0 aliphatic carbocycles.